The van der Waals surface area contributed by atoms with Crippen LogP contribution in [-0.4, -0.2) is 43.9 Å². The molecule has 1 aliphatic heterocycles. The minimum Gasteiger partial charge on any atom is -0.386 e. The molecule has 1 unspecified atom stereocenters. The maximum Gasteiger partial charge on any atom is 0.191 e. The second-order valence-corrected chi connectivity index (χ2v) is 6.99. The third kappa shape index (κ3) is 6.51. The molecule has 23 heavy (non-hydrogen) atoms. The van der Waals surface area contributed by atoms with E-state index in [1.807, 2.05) is 13.0 Å². The molecule has 0 aromatic carbocycles. The van der Waals surface area contributed by atoms with E-state index in [4.69, 9.17) is 16.3 Å². The summed E-state index contributed by atoms with van der Waals surface area (Å²) in [5, 5.41) is 16.6. The Hall–Kier alpha value is -1.08. The lowest BCUT2D eigenvalue weighted by Crippen LogP contribution is -2.38. The number of hydrogen-bond donors (Lipinski definition) is 3. The van der Waals surface area contributed by atoms with Crippen molar-refractivity contribution in [2.24, 2.45) is 4.99 Å². The molecule has 0 amide bonds. The van der Waals surface area contributed by atoms with E-state index in [-0.39, 0.29) is 0 Å². The maximum atomic E-state index is 10.1. The summed E-state index contributed by atoms with van der Waals surface area (Å²) in [6.45, 7) is 5.47. The zero-order chi connectivity index (χ0) is 16.5. The van der Waals surface area contributed by atoms with Gasteiger partial charge in [-0.1, -0.05) is 23.3 Å². The highest BCUT2D eigenvalue weighted by molar-refractivity contribution is 7.16. The molecule has 2 rings (SSSR count). The molecule has 0 radical (unpaired) electrons. The molecular weight excluding hydrogens is 334 g/mol. The number of aliphatic hydroxyl groups excluding tert-OH is 1. The van der Waals surface area contributed by atoms with E-state index in [2.05, 4.69) is 21.7 Å². The van der Waals surface area contributed by atoms with Crippen molar-refractivity contribution in [3.63, 3.8) is 0 Å². The molecule has 1 aliphatic rings. The van der Waals surface area contributed by atoms with Crippen LogP contribution in [0.4, 0.5) is 0 Å². The fourth-order valence-electron chi connectivity index (χ4n) is 2.25. The second-order valence-electron chi connectivity index (χ2n) is 5.24. The van der Waals surface area contributed by atoms with Gasteiger partial charge in [-0.25, -0.2) is 0 Å². The summed E-state index contributed by atoms with van der Waals surface area (Å²) >= 11 is 7.28. The molecule has 0 aliphatic carbocycles. The first kappa shape index (κ1) is 18.3. The highest BCUT2D eigenvalue weighted by Crippen LogP contribution is 2.26. The average molecular weight is 358 g/mol. The van der Waals surface area contributed by atoms with Gasteiger partial charge < -0.3 is 20.5 Å². The van der Waals surface area contributed by atoms with Crippen molar-refractivity contribution in [3.8, 4) is 0 Å². The van der Waals surface area contributed by atoms with Crippen LogP contribution < -0.4 is 10.6 Å². The van der Waals surface area contributed by atoms with Crippen LogP contribution in [0, 0.1) is 0 Å². The van der Waals surface area contributed by atoms with Crippen molar-refractivity contribution in [1.82, 2.24) is 10.6 Å². The first-order valence-electron chi connectivity index (χ1n) is 7.90. The highest BCUT2D eigenvalue weighted by Gasteiger charge is 2.10. The van der Waals surface area contributed by atoms with Crippen LogP contribution in [0.25, 0.3) is 0 Å². The Kier molecular flexibility index (Phi) is 7.88. The zero-order valence-corrected chi connectivity index (χ0v) is 14.9. The van der Waals surface area contributed by atoms with Gasteiger partial charge in [-0.05, 0) is 31.9 Å². The molecule has 0 spiro atoms. The van der Waals surface area contributed by atoms with Crippen molar-refractivity contribution in [1.29, 1.82) is 0 Å². The first-order chi connectivity index (χ1) is 11.2. The van der Waals surface area contributed by atoms with Crippen LogP contribution in [-0.2, 0) is 4.74 Å². The largest absolute Gasteiger partial charge is 0.386 e. The van der Waals surface area contributed by atoms with Gasteiger partial charge >= 0.3 is 0 Å². The van der Waals surface area contributed by atoms with Crippen LogP contribution >= 0.6 is 22.9 Å². The van der Waals surface area contributed by atoms with E-state index in [1.54, 1.807) is 6.07 Å². The van der Waals surface area contributed by atoms with Gasteiger partial charge in [0, 0.05) is 18.0 Å². The van der Waals surface area contributed by atoms with Crippen LogP contribution in [0.1, 0.15) is 30.7 Å². The lowest BCUT2D eigenvalue weighted by molar-refractivity contribution is 0.153. The Bertz CT molecular complexity index is 545. The molecule has 1 aromatic rings. The number of aliphatic hydroxyl groups is 1. The maximum absolute atomic E-state index is 10.1. The molecule has 5 nitrogen and oxygen atoms in total. The number of rotatable bonds is 7. The number of nitrogens with zero attached hydrogens (tertiary/aromatic N) is 1. The van der Waals surface area contributed by atoms with E-state index < -0.39 is 6.10 Å². The third-order valence-corrected chi connectivity index (χ3v) is 4.82. The SMILES string of the molecule is CCNC(=NCC(O)c1ccc(Cl)s1)NCCC1=CCOCC1. The number of guanidine groups is 1. The summed E-state index contributed by atoms with van der Waals surface area (Å²) in [5.74, 6) is 0.724. The number of hydrogen-bond acceptors (Lipinski definition) is 4. The van der Waals surface area contributed by atoms with E-state index in [0.29, 0.717) is 10.9 Å². The lowest BCUT2D eigenvalue weighted by Gasteiger charge is -2.16. The quantitative estimate of drug-likeness (QED) is 0.399. The summed E-state index contributed by atoms with van der Waals surface area (Å²) in [6, 6.07) is 3.63. The van der Waals surface area contributed by atoms with Crippen molar-refractivity contribution in [2.75, 3.05) is 32.8 Å². The normalized spacial score (nSPS) is 16.8. The summed E-state index contributed by atoms with van der Waals surface area (Å²) in [4.78, 5) is 5.28. The highest BCUT2D eigenvalue weighted by atomic mass is 35.5. The van der Waals surface area contributed by atoms with Crippen LogP contribution in [0.3, 0.4) is 0 Å². The van der Waals surface area contributed by atoms with Gasteiger partial charge in [-0.3, -0.25) is 4.99 Å². The van der Waals surface area contributed by atoms with E-state index >= 15 is 0 Å². The summed E-state index contributed by atoms with van der Waals surface area (Å²) in [5.41, 5.74) is 1.42. The molecular formula is C16H24ClN3O2S. The number of thiophene rings is 1. The molecule has 0 bridgehead atoms. The van der Waals surface area contributed by atoms with E-state index in [9.17, 15) is 5.11 Å². The molecule has 0 saturated heterocycles. The monoisotopic (exact) mass is 357 g/mol. The van der Waals surface area contributed by atoms with Crippen LogP contribution in [0.15, 0.2) is 28.8 Å². The number of ether oxygens (including phenoxy) is 1. The van der Waals surface area contributed by atoms with Gasteiger partial charge in [0.15, 0.2) is 5.96 Å². The molecule has 128 valence electrons. The van der Waals surface area contributed by atoms with Crippen molar-refractivity contribution in [3.05, 3.63) is 33.0 Å². The number of nitrogens with one attached hydrogen (secondary N) is 2. The van der Waals surface area contributed by atoms with Gasteiger partial charge in [0.2, 0.25) is 0 Å². The van der Waals surface area contributed by atoms with E-state index in [1.165, 1.54) is 16.9 Å². The summed E-state index contributed by atoms with van der Waals surface area (Å²) in [6.07, 6.45) is 3.52. The summed E-state index contributed by atoms with van der Waals surface area (Å²) < 4.78 is 5.98. The molecule has 0 fully saturated rings. The number of halogens is 1. The fraction of sp³-hybridized carbons (Fsp3) is 0.562. The minimum absolute atomic E-state index is 0.308. The van der Waals surface area contributed by atoms with E-state index in [0.717, 1.165) is 50.0 Å². The Balaban J connectivity index is 1.80. The van der Waals surface area contributed by atoms with Crippen molar-refractivity contribution in [2.45, 2.75) is 25.9 Å². The smallest absolute Gasteiger partial charge is 0.191 e. The number of aliphatic imine (C=N–C) groups is 1. The van der Waals surface area contributed by atoms with Crippen LogP contribution in [0.5, 0.6) is 0 Å². The Morgan fingerprint density at radius 3 is 3.00 bits per heavy atom. The lowest BCUT2D eigenvalue weighted by atomic mass is 10.1. The molecule has 1 atom stereocenters. The average Bonchev–Trinajstić information content (AvgIpc) is 3.00. The predicted molar refractivity (Wildman–Crippen MR) is 96.4 cm³/mol. The fourth-order valence-corrected chi connectivity index (χ4v) is 3.29. The standard InChI is InChI=1S/C16H24ClN3O2S/c1-2-18-16(19-8-5-12-6-9-22-10-7-12)20-11-13(21)14-3-4-15(17)23-14/h3-4,6,13,21H,2,5,7-11H2,1H3,(H2,18,19,20). The van der Waals surface area contributed by atoms with Gasteiger partial charge in [0.1, 0.15) is 6.10 Å². The van der Waals surface area contributed by atoms with Gasteiger partial charge in [-0.2, -0.15) is 0 Å². The van der Waals surface area contributed by atoms with Crippen LogP contribution in [0.2, 0.25) is 4.34 Å². The topological polar surface area (TPSA) is 65.9 Å². The Morgan fingerprint density at radius 2 is 2.35 bits per heavy atom. The zero-order valence-electron chi connectivity index (χ0n) is 13.3. The Labute approximate surface area is 146 Å². The molecule has 3 N–H and O–H groups in total. The van der Waals surface area contributed by atoms with Gasteiger partial charge in [0.05, 0.1) is 24.1 Å². The molecule has 1 aromatic heterocycles. The Morgan fingerprint density at radius 1 is 1.48 bits per heavy atom. The van der Waals surface area contributed by atoms with Gasteiger partial charge in [0.25, 0.3) is 0 Å². The first-order valence-corrected chi connectivity index (χ1v) is 9.09. The predicted octanol–water partition coefficient (Wildman–Crippen LogP) is 2.73. The van der Waals surface area contributed by atoms with Crippen molar-refractivity contribution < 1.29 is 9.84 Å². The molecule has 0 saturated carbocycles. The third-order valence-electron chi connectivity index (χ3n) is 3.48. The van der Waals surface area contributed by atoms with Gasteiger partial charge in [-0.15, -0.1) is 11.3 Å². The molecule has 2 heterocycles. The molecule has 7 heteroatoms. The summed E-state index contributed by atoms with van der Waals surface area (Å²) in [7, 11) is 0. The van der Waals surface area contributed by atoms with Crippen molar-refractivity contribution >= 4 is 28.9 Å². The minimum atomic E-state index is -0.624. The second kappa shape index (κ2) is 9.93.